The largest absolute Gasteiger partial charge is 0.484 e. The highest BCUT2D eigenvalue weighted by molar-refractivity contribution is 5.98. The summed E-state index contributed by atoms with van der Waals surface area (Å²) in [5.74, 6) is -0.0873. The maximum absolute atomic E-state index is 12.5. The van der Waals surface area contributed by atoms with Gasteiger partial charge >= 0.3 is 5.97 Å². The number of amides is 1. The topological polar surface area (TPSA) is 72.3 Å². The van der Waals surface area contributed by atoms with E-state index in [-0.39, 0.29) is 12.5 Å². The van der Waals surface area contributed by atoms with Crippen LogP contribution in [0.25, 0.3) is 0 Å². The molecule has 2 N–H and O–H groups in total. The van der Waals surface area contributed by atoms with Crippen molar-refractivity contribution in [2.75, 3.05) is 57.2 Å². The summed E-state index contributed by atoms with van der Waals surface area (Å²) in [6, 6.07) is 12.8. The fourth-order valence-electron chi connectivity index (χ4n) is 3.26. The SMILES string of the molecule is COC(=O)c1ccc(N2CC[NH+](C)CC2)c(NC(=O)COc2ccc(C)cc2)c1. The number of carbonyl (C=O) groups excluding carboxylic acids is 2. The van der Waals surface area contributed by atoms with Crippen LogP contribution in [0.1, 0.15) is 15.9 Å². The van der Waals surface area contributed by atoms with Crippen LogP contribution in [-0.2, 0) is 9.53 Å². The molecule has 0 bridgehead atoms. The molecule has 3 rings (SSSR count). The number of methoxy groups -OCH3 is 1. The normalized spacial score (nSPS) is 14.4. The first-order valence-corrected chi connectivity index (χ1v) is 9.74. The molecule has 1 fully saturated rings. The van der Waals surface area contributed by atoms with Crippen LogP contribution in [-0.4, -0.2) is 58.8 Å². The standard InChI is InChI=1S/C22H27N3O4/c1-16-4-7-18(8-5-16)29-15-21(26)23-19-14-17(22(27)28-3)6-9-20(19)25-12-10-24(2)11-13-25/h4-9,14H,10-13,15H2,1-3H3,(H,23,26)/p+1. The lowest BCUT2D eigenvalue weighted by Gasteiger charge is -2.33. The van der Waals surface area contributed by atoms with Crippen LogP contribution in [0.5, 0.6) is 5.75 Å². The maximum atomic E-state index is 12.5. The Morgan fingerprint density at radius 3 is 2.45 bits per heavy atom. The highest BCUT2D eigenvalue weighted by atomic mass is 16.5. The number of ether oxygens (including phenoxy) is 2. The summed E-state index contributed by atoms with van der Waals surface area (Å²) >= 11 is 0. The lowest BCUT2D eigenvalue weighted by molar-refractivity contribution is -0.880. The van der Waals surface area contributed by atoms with Gasteiger partial charge in [0.25, 0.3) is 5.91 Å². The molecule has 0 saturated carbocycles. The highest BCUT2D eigenvalue weighted by Crippen LogP contribution is 2.28. The predicted molar refractivity (Wildman–Crippen MR) is 112 cm³/mol. The van der Waals surface area contributed by atoms with Crippen molar-refractivity contribution >= 4 is 23.3 Å². The Balaban J connectivity index is 1.74. The monoisotopic (exact) mass is 398 g/mol. The smallest absolute Gasteiger partial charge is 0.337 e. The number of likely N-dealkylation sites (N-methyl/N-ethyl adjacent to an activating group) is 1. The van der Waals surface area contributed by atoms with Crippen molar-refractivity contribution in [2.24, 2.45) is 0 Å². The molecule has 0 aliphatic carbocycles. The molecule has 29 heavy (non-hydrogen) atoms. The molecule has 2 aromatic carbocycles. The molecule has 1 aliphatic rings. The van der Waals surface area contributed by atoms with E-state index in [4.69, 9.17) is 9.47 Å². The average molecular weight is 398 g/mol. The van der Waals surface area contributed by atoms with Crippen LogP contribution in [0.15, 0.2) is 42.5 Å². The second kappa shape index (κ2) is 9.43. The molecule has 1 heterocycles. The van der Waals surface area contributed by atoms with Crippen molar-refractivity contribution in [1.29, 1.82) is 0 Å². The van der Waals surface area contributed by atoms with Gasteiger partial charge in [-0.05, 0) is 37.3 Å². The molecule has 0 spiro atoms. The second-order valence-corrected chi connectivity index (χ2v) is 7.32. The molecular formula is C22H28N3O4+. The first kappa shape index (κ1) is 20.7. The van der Waals surface area contributed by atoms with Gasteiger partial charge in [0.15, 0.2) is 6.61 Å². The summed E-state index contributed by atoms with van der Waals surface area (Å²) in [6.45, 7) is 5.67. The number of hydrogen-bond donors (Lipinski definition) is 2. The van der Waals surface area contributed by atoms with E-state index in [1.807, 2.05) is 37.3 Å². The zero-order valence-corrected chi connectivity index (χ0v) is 17.2. The van der Waals surface area contributed by atoms with E-state index in [9.17, 15) is 9.59 Å². The quantitative estimate of drug-likeness (QED) is 0.714. The van der Waals surface area contributed by atoms with E-state index in [2.05, 4.69) is 17.3 Å². The van der Waals surface area contributed by atoms with Gasteiger partial charge in [-0.2, -0.15) is 0 Å². The van der Waals surface area contributed by atoms with Crippen molar-refractivity contribution in [2.45, 2.75) is 6.92 Å². The van der Waals surface area contributed by atoms with Crippen molar-refractivity contribution in [3.8, 4) is 5.75 Å². The van der Waals surface area contributed by atoms with Crippen LogP contribution in [0, 0.1) is 6.92 Å². The molecule has 0 unspecified atom stereocenters. The number of hydrogen-bond acceptors (Lipinski definition) is 5. The number of aryl methyl sites for hydroxylation is 1. The van der Waals surface area contributed by atoms with E-state index >= 15 is 0 Å². The van der Waals surface area contributed by atoms with Crippen molar-refractivity contribution < 1.29 is 24.0 Å². The fourth-order valence-corrected chi connectivity index (χ4v) is 3.26. The van der Waals surface area contributed by atoms with Gasteiger partial charge in [0.2, 0.25) is 0 Å². The molecule has 0 aromatic heterocycles. The Kier molecular flexibility index (Phi) is 6.72. The number of benzene rings is 2. The van der Waals surface area contributed by atoms with Gasteiger partial charge in [-0.1, -0.05) is 17.7 Å². The van der Waals surface area contributed by atoms with Gasteiger partial charge in [-0.25, -0.2) is 4.79 Å². The third-order valence-electron chi connectivity index (χ3n) is 5.04. The fraction of sp³-hybridized carbons (Fsp3) is 0.364. The number of nitrogens with one attached hydrogen (secondary N) is 2. The number of esters is 1. The molecule has 1 amide bonds. The Morgan fingerprint density at radius 1 is 1.10 bits per heavy atom. The average Bonchev–Trinajstić information content (AvgIpc) is 2.73. The summed E-state index contributed by atoms with van der Waals surface area (Å²) in [5, 5.41) is 2.90. The van der Waals surface area contributed by atoms with Gasteiger partial charge in [0.1, 0.15) is 5.75 Å². The second-order valence-electron chi connectivity index (χ2n) is 7.32. The van der Waals surface area contributed by atoms with E-state index in [1.54, 1.807) is 12.1 Å². The van der Waals surface area contributed by atoms with E-state index in [0.717, 1.165) is 37.4 Å². The summed E-state index contributed by atoms with van der Waals surface area (Å²) in [7, 11) is 3.51. The summed E-state index contributed by atoms with van der Waals surface area (Å²) < 4.78 is 10.4. The zero-order valence-electron chi connectivity index (χ0n) is 17.2. The first-order chi connectivity index (χ1) is 14.0. The van der Waals surface area contributed by atoms with Gasteiger partial charge in [-0.15, -0.1) is 0 Å². The molecular weight excluding hydrogens is 370 g/mol. The predicted octanol–water partition coefficient (Wildman–Crippen LogP) is 1.13. The first-order valence-electron chi connectivity index (χ1n) is 9.74. The third-order valence-corrected chi connectivity index (χ3v) is 5.04. The summed E-state index contributed by atoms with van der Waals surface area (Å²) in [4.78, 5) is 28.2. The number of quaternary nitrogens is 1. The van der Waals surface area contributed by atoms with Crippen LogP contribution in [0.2, 0.25) is 0 Å². The Labute approximate surface area is 171 Å². The minimum Gasteiger partial charge on any atom is -0.484 e. The van der Waals surface area contributed by atoms with Crippen molar-refractivity contribution in [3.05, 3.63) is 53.6 Å². The van der Waals surface area contributed by atoms with Crippen molar-refractivity contribution in [1.82, 2.24) is 0 Å². The minimum atomic E-state index is -0.439. The van der Waals surface area contributed by atoms with Gasteiger partial charge in [-0.3, -0.25) is 4.79 Å². The van der Waals surface area contributed by atoms with Crippen LogP contribution in [0.3, 0.4) is 0 Å². The number of rotatable bonds is 6. The van der Waals surface area contributed by atoms with Gasteiger partial charge in [0.05, 0.1) is 57.3 Å². The Bertz CT molecular complexity index is 859. The maximum Gasteiger partial charge on any atom is 0.337 e. The lowest BCUT2D eigenvalue weighted by Crippen LogP contribution is -3.12. The molecule has 0 atom stereocenters. The van der Waals surface area contributed by atoms with E-state index in [1.165, 1.54) is 12.0 Å². The Hall–Kier alpha value is -3.06. The Morgan fingerprint density at radius 2 is 1.79 bits per heavy atom. The molecule has 0 radical (unpaired) electrons. The van der Waals surface area contributed by atoms with E-state index < -0.39 is 5.97 Å². The number of carbonyl (C=O) groups is 2. The highest BCUT2D eigenvalue weighted by Gasteiger charge is 2.21. The number of anilines is 2. The molecule has 1 aliphatic heterocycles. The summed E-state index contributed by atoms with van der Waals surface area (Å²) in [5.41, 5.74) is 3.00. The molecule has 1 saturated heterocycles. The van der Waals surface area contributed by atoms with Crippen molar-refractivity contribution in [3.63, 3.8) is 0 Å². The summed E-state index contributed by atoms with van der Waals surface area (Å²) in [6.07, 6.45) is 0. The lowest BCUT2D eigenvalue weighted by atomic mass is 10.1. The number of nitrogens with zero attached hydrogens (tertiary/aromatic N) is 1. The van der Waals surface area contributed by atoms with Crippen LogP contribution < -0.4 is 19.9 Å². The molecule has 2 aromatic rings. The molecule has 7 heteroatoms. The molecule has 154 valence electrons. The minimum absolute atomic E-state index is 0.113. The number of piperazine rings is 1. The van der Waals surface area contributed by atoms with Gasteiger partial charge in [0, 0.05) is 0 Å². The van der Waals surface area contributed by atoms with Crippen LogP contribution >= 0.6 is 0 Å². The van der Waals surface area contributed by atoms with E-state index in [0.29, 0.717) is 17.0 Å². The van der Waals surface area contributed by atoms with Crippen LogP contribution in [0.4, 0.5) is 11.4 Å². The van der Waals surface area contributed by atoms with Gasteiger partial charge < -0.3 is 24.6 Å². The zero-order chi connectivity index (χ0) is 20.8. The third kappa shape index (κ3) is 5.48. The molecule has 7 nitrogen and oxygen atoms in total.